The molecule has 2 aliphatic rings. The lowest BCUT2D eigenvalue weighted by molar-refractivity contribution is -0.384. The van der Waals surface area contributed by atoms with E-state index in [1.54, 1.807) is 13.8 Å². The van der Waals surface area contributed by atoms with Crippen LogP contribution in [-0.2, 0) is 23.9 Å². The summed E-state index contributed by atoms with van der Waals surface area (Å²) >= 11 is 0. The molecule has 2 heterocycles. The van der Waals surface area contributed by atoms with E-state index in [1.165, 1.54) is 31.2 Å². The molecule has 0 spiro atoms. The van der Waals surface area contributed by atoms with Crippen molar-refractivity contribution in [2.75, 3.05) is 13.2 Å². The van der Waals surface area contributed by atoms with Crippen LogP contribution in [0.1, 0.15) is 32.3 Å². The molecule has 3 rings (SSSR count). The Labute approximate surface area is 160 Å². The minimum absolute atomic E-state index is 0.0119. The summed E-state index contributed by atoms with van der Waals surface area (Å²) in [7, 11) is 0. The summed E-state index contributed by atoms with van der Waals surface area (Å²) in [6.45, 7) is 4.74. The Balaban J connectivity index is 2.08. The average molecular weight is 389 g/mol. The third-order valence-electron chi connectivity index (χ3n) is 4.69. The van der Waals surface area contributed by atoms with Gasteiger partial charge in [0.15, 0.2) is 11.6 Å². The Morgan fingerprint density at radius 2 is 1.96 bits per heavy atom. The van der Waals surface area contributed by atoms with E-state index in [-0.39, 0.29) is 24.6 Å². The largest absolute Gasteiger partial charge is 0.464 e. The highest BCUT2D eigenvalue weighted by atomic mass is 16.6. The van der Waals surface area contributed by atoms with Gasteiger partial charge in [0.05, 0.1) is 24.1 Å². The van der Waals surface area contributed by atoms with Crippen molar-refractivity contribution >= 4 is 29.1 Å². The van der Waals surface area contributed by atoms with Crippen molar-refractivity contribution in [3.8, 4) is 0 Å². The number of Topliss-reactive ketones (excluding diaryl/α,β-unsaturated/α-hetero) is 1. The topological polar surface area (TPSA) is 132 Å². The third-order valence-corrected chi connectivity index (χ3v) is 4.69. The maximum atomic E-state index is 12.9. The lowest BCUT2D eigenvalue weighted by Gasteiger charge is -2.24. The van der Waals surface area contributed by atoms with Gasteiger partial charge in [-0.3, -0.25) is 19.7 Å². The normalized spacial score (nSPS) is 25.8. The van der Waals surface area contributed by atoms with Crippen LogP contribution in [0.3, 0.4) is 0 Å². The summed E-state index contributed by atoms with van der Waals surface area (Å²) in [6.07, 6.45) is 0. The fraction of sp³-hybridized carbons (Fsp3) is 0.444. The number of hydrogen-bond donors (Lipinski definition) is 0. The molecule has 0 radical (unpaired) electrons. The smallest absolute Gasteiger partial charge is 0.332 e. The molecule has 10 nitrogen and oxygen atoms in total. The number of non-ortho nitro benzene ring substituents is 1. The molecular weight excluding hydrogens is 370 g/mol. The van der Waals surface area contributed by atoms with E-state index in [0.29, 0.717) is 5.56 Å². The molecule has 1 saturated heterocycles. The molecule has 10 heteroatoms. The van der Waals surface area contributed by atoms with Gasteiger partial charge in [0, 0.05) is 19.1 Å². The highest BCUT2D eigenvalue weighted by molar-refractivity contribution is 6.46. The first-order valence-electron chi connectivity index (χ1n) is 8.67. The maximum Gasteiger partial charge on any atom is 0.332 e. The molecule has 1 fully saturated rings. The minimum Gasteiger partial charge on any atom is -0.464 e. The number of nitrogens with zero attached hydrogens (tertiary/aromatic N) is 3. The fourth-order valence-electron chi connectivity index (χ4n) is 3.10. The highest BCUT2D eigenvalue weighted by Gasteiger charge is 2.56. The van der Waals surface area contributed by atoms with Gasteiger partial charge >= 0.3 is 5.97 Å². The summed E-state index contributed by atoms with van der Waals surface area (Å²) in [5, 5.41) is 16.0. The van der Waals surface area contributed by atoms with Gasteiger partial charge in [-0.15, -0.1) is 0 Å². The Hall–Kier alpha value is -3.14. The van der Waals surface area contributed by atoms with Crippen molar-refractivity contribution in [2.24, 2.45) is 5.10 Å². The van der Waals surface area contributed by atoms with Gasteiger partial charge in [-0.1, -0.05) is 12.1 Å². The summed E-state index contributed by atoms with van der Waals surface area (Å²) in [5.41, 5.74) is -0.768. The molecule has 1 aromatic carbocycles. The third kappa shape index (κ3) is 3.38. The number of nitro groups is 1. The number of carbonyl (C=O) groups excluding carboxylic acids is 3. The molecule has 28 heavy (non-hydrogen) atoms. The molecule has 0 aromatic heterocycles. The molecular formula is C18H19N3O7. The zero-order valence-corrected chi connectivity index (χ0v) is 15.6. The number of nitro benzene ring substituents is 1. The summed E-state index contributed by atoms with van der Waals surface area (Å²) < 4.78 is 10.3. The first-order valence-corrected chi connectivity index (χ1v) is 8.67. The fourth-order valence-corrected chi connectivity index (χ4v) is 3.10. The average Bonchev–Trinajstić information content (AvgIpc) is 3.28. The standard InChI is InChI=1S/C18H19N3O7/c1-4-27-17(24)15-13(11-5-7-12(8-6-11)21(25)26)14(19-20(15)10(2)22)16(23)18(3)9-28-18/h5-8,13,15H,4,9H2,1-3H3/t13-,15-,18+/m1/s1. The van der Waals surface area contributed by atoms with E-state index in [1.807, 2.05) is 0 Å². The highest BCUT2D eigenvalue weighted by Crippen LogP contribution is 2.38. The molecule has 0 N–H and O–H groups in total. The molecule has 1 amide bonds. The SMILES string of the molecule is CCOC(=O)[C@H]1[C@H](c2ccc([N+](=O)[O-])cc2)C(C(=O)[C@]2(C)CO2)=NN1C(C)=O. The van der Waals surface area contributed by atoms with Crippen molar-refractivity contribution in [1.29, 1.82) is 0 Å². The van der Waals surface area contributed by atoms with Gasteiger partial charge in [-0.05, 0) is 19.4 Å². The molecule has 1 aromatic rings. The van der Waals surface area contributed by atoms with Gasteiger partial charge in [-0.25, -0.2) is 9.80 Å². The van der Waals surface area contributed by atoms with E-state index in [9.17, 15) is 24.5 Å². The molecule has 2 aliphatic heterocycles. The lowest BCUT2D eigenvalue weighted by atomic mass is 9.83. The second-order valence-corrected chi connectivity index (χ2v) is 6.72. The number of ketones is 1. The van der Waals surface area contributed by atoms with Crippen molar-refractivity contribution in [3.63, 3.8) is 0 Å². The molecule has 3 atom stereocenters. The number of hydrogen-bond acceptors (Lipinski definition) is 8. The van der Waals surface area contributed by atoms with Crippen LogP contribution in [0.4, 0.5) is 5.69 Å². The monoisotopic (exact) mass is 389 g/mol. The van der Waals surface area contributed by atoms with E-state index < -0.39 is 40.1 Å². The van der Waals surface area contributed by atoms with Crippen LogP contribution in [0, 0.1) is 10.1 Å². The van der Waals surface area contributed by atoms with Gasteiger partial charge in [0.1, 0.15) is 5.71 Å². The predicted octanol–water partition coefficient (Wildman–Crippen LogP) is 1.19. The summed E-state index contributed by atoms with van der Waals surface area (Å²) in [4.78, 5) is 48.0. The van der Waals surface area contributed by atoms with Crippen molar-refractivity contribution < 1.29 is 28.8 Å². The number of esters is 1. The quantitative estimate of drug-likeness (QED) is 0.309. The van der Waals surface area contributed by atoms with Crippen LogP contribution >= 0.6 is 0 Å². The number of hydrazone groups is 1. The second-order valence-electron chi connectivity index (χ2n) is 6.72. The number of rotatable bonds is 6. The Morgan fingerprint density at radius 1 is 1.36 bits per heavy atom. The second kappa shape index (κ2) is 7.12. The van der Waals surface area contributed by atoms with E-state index >= 15 is 0 Å². The number of epoxide rings is 1. The summed E-state index contributed by atoms with van der Waals surface area (Å²) in [6, 6.07) is 4.24. The van der Waals surface area contributed by atoms with Crippen LogP contribution < -0.4 is 0 Å². The predicted molar refractivity (Wildman–Crippen MR) is 95.6 cm³/mol. The van der Waals surface area contributed by atoms with Crippen molar-refractivity contribution in [1.82, 2.24) is 5.01 Å². The molecule has 148 valence electrons. The minimum atomic E-state index is -1.18. The van der Waals surface area contributed by atoms with Crippen LogP contribution in [0.2, 0.25) is 0 Å². The summed E-state index contributed by atoms with van der Waals surface area (Å²) in [5.74, 6) is -2.60. The van der Waals surface area contributed by atoms with Gasteiger partial charge in [0.2, 0.25) is 11.7 Å². The van der Waals surface area contributed by atoms with E-state index in [4.69, 9.17) is 9.47 Å². The number of benzene rings is 1. The van der Waals surface area contributed by atoms with Gasteiger partial charge in [0.25, 0.3) is 5.69 Å². The number of ether oxygens (including phenoxy) is 2. The number of carbonyl (C=O) groups is 3. The number of amides is 1. The molecule has 0 unspecified atom stereocenters. The Bertz CT molecular complexity index is 874. The molecule has 0 bridgehead atoms. The maximum absolute atomic E-state index is 12.9. The zero-order valence-electron chi connectivity index (χ0n) is 15.6. The first kappa shape index (κ1) is 19.6. The van der Waals surface area contributed by atoms with Crippen LogP contribution in [0.5, 0.6) is 0 Å². The zero-order chi connectivity index (χ0) is 20.6. The molecule has 0 saturated carbocycles. The van der Waals surface area contributed by atoms with Crippen LogP contribution in [0.25, 0.3) is 0 Å². The van der Waals surface area contributed by atoms with E-state index in [2.05, 4.69) is 5.10 Å². The van der Waals surface area contributed by atoms with Crippen LogP contribution in [0.15, 0.2) is 29.4 Å². The van der Waals surface area contributed by atoms with Crippen molar-refractivity contribution in [2.45, 2.75) is 38.3 Å². The Kier molecular flexibility index (Phi) is 4.99. The van der Waals surface area contributed by atoms with E-state index in [0.717, 1.165) is 5.01 Å². The van der Waals surface area contributed by atoms with Gasteiger partial charge < -0.3 is 9.47 Å². The van der Waals surface area contributed by atoms with Crippen LogP contribution in [-0.4, -0.2) is 58.2 Å². The van der Waals surface area contributed by atoms with Gasteiger partial charge in [-0.2, -0.15) is 5.10 Å². The molecule has 0 aliphatic carbocycles. The van der Waals surface area contributed by atoms with Crippen molar-refractivity contribution in [3.05, 3.63) is 39.9 Å². The lowest BCUT2D eigenvalue weighted by Crippen LogP contribution is -2.44. The first-order chi connectivity index (χ1) is 13.2. The Morgan fingerprint density at radius 3 is 2.43 bits per heavy atom.